The lowest BCUT2D eigenvalue weighted by Gasteiger charge is -2.07. The Labute approximate surface area is 113 Å². The minimum atomic E-state index is -0.725. The molecule has 6 heteroatoms. The van der Waals surface area contributed by atoms with Gasteiger partial charge in [0.15, 0.2) is 5.16 Å². The molecule has 0 radical (unpaired) electrons. The van der Waals surface area contributed by atoms with Crippen LogP contribution in [0.1, 0.15) is 17.0 Å². The van der Waals surface area contributed by atoms with Crippen LogP contribution >= 0.6 is 11.8 Å². The topological polar surface area (TPSA) is 46.0 Å². The zero-order chi connectivity index (χ0) is 14.0. The van der Waals surface area contributed by atoms with Crippen molar-refractivity contribution in [2.24, 2.45) is 0 Å². The average molecular weight is 282 g/mol. The van der Waals surface area contributed by atoms with Crippen molar-refractivity contribution < 1.29 is 13.9 Å². The first kappa shape index (κ1) is 13.9. The smallest absolute Gasteiger partial charge is 0.193 e. The predicted octanol–water partition coefficient (Wildman–Crippen LogP) is 3.02. The van der Waals surface area contributed by atoms with Gasteiger partial charge in [0.25, 0.3) is 0 Å². The summed E-state index contributed by atoms with van der Waals surface area (Å²) in [6.07, 6.45) is 0. The standard InChI is InChI=1S/C13H12F2N2OS/c1-7-3-8(2)17-13(16-7)19-12-10(14)4-9(6-18)5-11(12)15/h3-5,18H,6H2,1-2H3. The molecule has 1 aromatic heterocycles. The molecule has 1 aromatic carbocycles. The maximum Gasteiger partial charge on any atom is 0.193 e. The second-order valence-corrected chi connectivity index (χ2v) is 5.06. The fourth-order valence-corrected chi connectivity index (χ4v) is 2.51. The number of aryl methyl sites for hydroxylation is 2. The normalized spacial score (nSPS) is 10.8. The lowest BCUT2D eigenvalue weighted by Crippen LogP contribution is -1.96. The summed E-state index contributed by atoms with van der Waals surface area (Å²) in [6, 6.07) is 3.99. The van der Waals surface area contributed by atoms with Crippen molar-refractivity contribution in [3.8, 4) is 0 Å². The van der Waals surface area contributed by atoms with Gasteiger partial charge in [0.1, 0.15) is 11.6 Å². The van der Waals surface area contributed by atoms with Gasteiger partial charge in [-0.15, -0.1) is 0 Å². The first-order valence-electron chi connectivity index (χ1n) is 5.58. The summed E-state index contributed by atoms with van der Waals surface area (Å²) >= 11 is 0.835. The van der Waals surface area contributed by atoms with Gasteiger partial charge in [-0.3, -0.25) is 0 Å². The highest BCUT2D eigenvalue weighted by atomic mass is 32.2. The number of hydrogen-bond acceptors (Lipinski definition) is 4. The van der Waals surface area contributed by atoms with Crippen LogP contribution in [0, 0.1) is 25.5 Å². The summed E-state index contributed by atoms with van der Waals surface area (Å²) in [5.74, 6) is -1.45. The molecular weight excluding hydrogens is 270 g/mol. The molecule has 1 N–H and O–H groups in total. The van der Waals surface area contributed by atoms with Crippen molar-refractivity contribution in [3.63, 3.8) is 0 Å². The molecular formula is C13H12F2N2OS. The van der Waals surface area contributed by atoms with Crippen molar-refractivity contribution in [1.29, 1.82) is 0 Å². The van der Waals surface area contributed by atoms with Gasteiger partial charge < -0.3 is 5.11 Å². The fourth-order valence-electron chi connectivity index (χ4n) is 1.63. The fraction of sp³-hybridized carbons (Fsp3) is 0.231. The quantitative estimate of drug-likeness (QED) is 0.879. The first-order valence-corrected chi connectivity index (χ1v) is 6.40. The number of hydrogen-bond donors (Lipinski definition) is 1. The Balaban J connectivity index is 2.38. The van der Waals surface area contributed by atoms with E-state index in [9.17, 15) is 8.78 Å². The van der Waals surface area contributed by atoms with Crippen LogP contribution in [0.2, 0.25) is 0 Å². The summed E-state index contributed by atoms with van der Waals surface area (Å²) in [5.41, 5.74) is 1.67. The molecule has 100 valence electrons. The van der Waals surface area contributed by atoms with Crippen LogP contribution < -0.4 is 0 Å². The average Bonchev–Trinajstić information content (AvgIpc) is 2.32. The van der Waals surface area contributed by atoms with Crippen LogP contribution in [0.15, 0.2) is 28.3 Å². The van der Waals surface area contributed by atoms with E-state index in [0.717, 1.165) is 35.3 Å². The molecule has 1 heterocycles. The largest absolute Gasteiger partial charge is 0.392 e. The summed E-state index contributed by atoms with van der Waals surface area (Å²) < 4.78 is 27.5. The third kappa shape index (κ3) is 3.27. The first-order chi connectivity index (χ1) is 8.99. The lowest BCUT2D eigenvalue weighted by atomic mass is 10.2. The predicted molar refractivity (Wildman–Crippen MR) is 67.9 cm³/mol. The molecule has 0 saturated heterocycles. The SMILES string of the molecule is Cc1cc(C)nc(Sc2c(F)cc(CO)cc2F)n1. The van der Waals surface area contributed by atoms with E-state index >= 15 is 0 Å². The molecule has 0 atom stereocenters. The summed E-state index contributed by atoms with van der Waals surface area (Å²) in [4.78, 5) is 8.08. The van der Waals surface area contributed by atoms with Crippen molar-refractivity contribution in [1.82, 2.24) is 9.97 Å². The van der Waals surface area contributed by atoms with E-state index in [2.05, 4.69) is 9.97 Å². The van der Waals surface area contributed by atoms with Gasteiger partial charge in [0, 0.05) is 11.4 Å². The van der Waals surface area contributed by atoms with Crippen LogP contribution in [-0.2, 0) is 6.61 Å². The Kier molecular flexibility index (Phi) is 4.11. The number of aliphatic hydroxyl groups is 1. The third-order valence-electron chi connectivity index (χ3n) is 2.40. The van der Waals surface area contributed by atoms with Crippen LogP contribution in [0.25, 0.3) is 0 Å². The number of rotatable bonds is 3. The molecule has 0 aliphatic rings. The highest BCUT2D eigenvalue weighted by Crippen LogP contribution is 2.31. The zero-order valence-corrected chi connectivity index (χ0v) is 11.3. The van der Waals surface area contributed by atoms with E-state index < -0.39 is 18.2 Å². The third-order valence-corrected chi connectivity index (χ3v) is 3.36. The van der Waals surface area contributed by atoms with Gasteiger partial charge in [-0.1, -0.05) is 0 Å². The Morgan fingerprint density at radius 3 is 2.05 bits per heavy atom. The number of aliphatic hydroxyl groups excluding tert-OH is 1. The molecule has 0 bridgehead atoms. The van der Waals surface area contributed by atoms with Crippen molar-refractivity contribution in [2.45, 2.75) is 30.5 Å². The minimum Gasteiger partial charge on any atom is -0.392 e. The van der Waals surface area contributed by atoms with Gasteiger partial charge in [-0.05, 0) is 49.4 Å². The van der Waals surface area contributed by atoms with Crippen LogP contribution in [0.5, 0.6) is 0 Å². The second-order valence-electron chi connectivity index (χ2n) is 4.08. The molecule has 2 aromatic rings. The molecule has 3 nitrogen and oxygen atoms in total. The van der Waals surface area contributed by atoms with Crippen molar-refractivity contribution >= 4 is 11.8 Å². The molecule has 0 fully saturated rings. The lowest BCUT2D eigenvalue weighted by molar-refractivity contribution is 0.280. The highest BCUT2D eigenvalue weighted by molar-refractivity contribution is 7.99. The second kappa shape index (κ2) is 5.63. The van der Waals surface area contributed by atoms with Gasteiger partial charge in [0.05, 0.1) is 11.5 Å². The summed E-state index contributed by atoms with van der Waals surface area (Å²) in [6.45, 7) is 3.18. The number of benzene rings is 1. The molecule has 0 aliphatic heterocycles. The Morgan fingerprint density at radius 1 is 1.05 bits per heavy atom. The van der Waals surface area contributed by atoms with Crippen molar-refractivity contribution in [2.75, 3.05) is 0 Å². The maximum atomic E-state index is 13.8. The van der Waals surface area contributed by atoms with Gasteiger partial charge >= 0.3 is 0 Å². The summed E-state index contributed by atoms with van der Waals surface area (Å²) in [5, 5.41) is 9.17. The maximum absolute atomic E-state index is 13.8. The van der Waals surface area contributed by atoms with Gasteiger partial charge in [-0.25, -0.2) is 18.7 Å². The number of aromatic nitrogens is 2. The molecule has 2 rings (SSSR count). The number of nitrogens with zero attached hydrogens (tertiary/aromatic N) is 2. The number of halogens is 2. The molecule has 0 unspecified atom stereocenters. The van der Waals surface area contributed by atoms with E-state index in [1.165, 1.54) is 0 Å². The zero-order valence-electron chi connectivity index (χ0n) is 10.4. The van der Waals surface area contributed by atoms with E-state index in [1.54, 1.807) is 19.9 Å². The molecule has 0 amide bonds. The van der Waals surface area contributed by atoms with E-state index in [4.69, 9.17) is 5.11 Å². The monoisotopic (exact) mass is 282 g/mol. The Morgan fingerprint density at radius 2 is 1.58 bits per heavy atom. The minimum absolute atomic E-state index is 0.165. The van der Waals surface area contributed by atoms with E-state index in [-0.39, 0.29) is 10.5 Å². The van der Waals surface area contributed by atoms with Crippen LogP contribution in [-0.4, -0.2) is 15.1 Å². The van der Waals surface area contributed by atoms with Crippen molar-refractivity contribution in [3.05, 3.63) is 46.8 Å². The van der Waals surface area contributed by atoms with Gasteiger partial charge in [0.2, 0.25) is 0 Å². The Hall–Kier alpha value is -1.53. The molecule has 0 saturated carbocycles. The summed E-state index contributed by atoms with van der Waals surface area (Å²) in [7, 11) is 0. The Bertz CT molecular complexity index is 576. The highest BCUT2D eigenvalue weighted by Gasteiger charge is 2.14. The molecule has 19 heavy (non-hydrogen) atoms. The van der Waals surface area contributed by atoms with Crippen LogP contribution in [0.3, 0.4) is 0 Å². The van der Waals surface area contributed by atoms with E-state index in [0.29, 0.717) is 5.16 Å². The molecule has 0 spiro atoms. The van der Waals surface area contributed by atoms with Crippen LogP contribution in [0.4, 0.5) is 8.78 Å². The van der Waals surface area contributed by atoms with E-state index in [1.807, 2.05) is 0 Å². The van der Waals surface area contributed by atoms with Gasteiger partial charge in [-0.2, -0.15) is 0 Å². The molecule has 0 aliphatic carbocycles.